The zero-order valence-corrected chi connectivity index (χ0v) is 10.1. The molecule has 88 valence electrons. The van der Waals surface area contributed by atoms with Crippen LogP contribution in [-0.4, -0.2) is 21.7 Å². The van der Waals surface area contributed by atoms with Crippen LogP contribution < -0.4 is 15.2 Å². The van der Waals surface area contributed by atoms with E-state index in [0.29, 0.717) is 0 Å². The summed E-state index contributed by atoms with van der Waals surface area (Å²) in [5.74, 6) is 0. The van der Waals surface area contributed by atoms with E-state index in [1.807, 2.05) is 12.2 Å². The smallest absolute Gasteiger partial charge is 0.240 e. The predicted molar refractivity (Wildman–Crippen MR) is 68.5 cm³/mol. The lowest BCUT2D eigenvalue weighted by atomic mass is 10.2. The van der Waals surface area contributed by atoms with E-state index in [1.54, 1.807) is 36.7 Å². The number of allylic oxidation sites excluding steroid dienone is 1. The fourth-order valence-electron chi connectivity index (χ4n) is 1.50. The number of fused-ring (bicyclic) bond motifs is 1. The minimum absolute atomic E-state index is 0.259. The van der Waals surface area contributed by atoms with E-state index < -0.39 is 10.0 Å². The van der Waals surface area contributed by atoms with Gasteiger partial charge in [-0.3, -0.25) is 4.99 Å². The Morgan fingerprint density at radius 3 is 2.76 bits per heavy atom. The first kappa shape index (κ1) is 11.8. The number of nitrogens with zero attached hydrogens (tertiary/aromatic N) is 1. The molecule has 0 fully saturated rings. The van der Waals surface area contributed by atoms with Crippen LogP contribution in [0.2, 0.25) is 0 Å². The van der Waals surface area contributed by atoms with E-state index in [1.165, 1.54) is 7.05 Å². The second-order valence-electron chi connectivity index (χ2n) is 3.47. The van der Waals surface area contributed by atoms with Gasteiger partial charge in [0.25, 0.3) is 0 Å². The number of hydrogen-bond donors (Lipinski definition) is 1. The monoisotopic (exact) mass is 248 g/mol. The molecule has 0 aliphatic carbocycles. The topological polar surface area (TPSA) is 58.5 Å². The van der Waals surface area contributed by atoms with Crippen LogP contribution in [0.5, 0.6) is 0 Å². The summed E-state index contributed by atoms with van der Waals surface area (Å²) < 4.78 is 25.6. The fourth-order valence-corrected chi connectivity index (χ4v) is 2.27. The van der Waals surface area contributed by atoms with Gasteiger partial charge >= 0.3 is 0 Å². The lowest BCUT2D eigenvalue weighted by Gasteiger charge is -2.02. The first-order valence-corrected chi connectivity index (χ1v) is 6.56. The van der Waals surface area contributed by atoms with Crippen molar-refractivity contribution in [3.8, 4) is 0 Å². The summed E-state index contributed by atoms with van der Waals surface area (Å²) in [6.07, 6.45) is 8.77. The molecule has 1 aromatic carbocycles. The van der Waals surface area contributed by atoms with Gasteiger partial charge in [-0.25, -0.2) is 13.1 Å². The summed E-state index contributed by atoms with van der Waals surface area (Å²) in [5, 5.41) is 1.79. The van der Waals surface area contributed by atoms with Gasteiger partial charge in [0.1, 0.15) is 0 Å². The van der Waals surface area contributed by atoms with Gasteiger partial charge in [-0.2, -0.15) is 0 Å². The Morgan fingerprint density at radius 1 is 1.18 bits per heavy atom. The summed E-state index contributed by atoms with van der Waals surface area (Å²) in [6.45, 7) is 0. The molecular weight excluding hydrogens is 236 g/mol. The van der Waals surface area contributed by atoms with Crippen LogP contribution in [0.3, 0.4) is 0 Å². The zero-order valence-electron chi connectivity index (χ0n) is 9.29. The van der Waals surface area contributed by atoms with Gasteiger partial charge in [-0.15, -0.1) is 0 Å². The lowest BCUT2D eigenvalue weighted by Crippen LogP contribution is -2.28. The summed E-state index contributed by atoms with van der Waals surface area (Å²) in [7, 11) is -2.00. The van der Waals surface area contributed by atoms with E-state index in [-0.39, 0.29) is 4.90 Å². The second kappa shape index (κ2) is 4.65. The zero-order chi connectivity index (χ0) is 12.3. The average molecular weight is 248 g/mol. The molecule has 0 bridgehead atoms. The highest BCUT2D eigenvalue weighted by molar-refractivity contribution is 7.89. The molecule has 0 saturated heterocycles. The average Bonchev–Trinajstić information content (AvgIpc) is 2.29. The first-order valence-electron chi connectivity index (χ1n) is 5.07. The molecule has 0 amide bonds. The van der Waals surface area contributed by atoms with Crippen molar-refractivity contribution in [2.24, 2.45) is 4.99 Å². The van der Waals surface area contributed by atoms with Crippen molar-refractivity contribution in [1.82, 2.24) is 4.72 Å². The molecule has 0 spiro atoms. The molecule has 0 atom stereocenters. The highest BCUT2D eigenvalue weighted by Crippen LogP contribution is 2.02. The molecule has 0 aromatic heterocycles. The van der Waals surface area contributed by atoms with Gasteiger partial charge in [-0.05, 0) is 41.8 Å². The Labute approximate surface area is 99.8 Å². The Kier molecular flexibility index (Phi) is 3.21. The molecular formula is C12H12N2O2S. The van der Waals surface area contributed by atoms with Gasteiger partial charge in [0, 0.05) is 12.4 Å². The summed E-state index contributed by atoms with van der Waals surface area (Å²) in [6, 6.07) is 4.98. The molecule has 1 heterocycles. The Hall–Kier alpha value is -1.72. The van der Waals surface area contributed by atoms with E-state index in [0.717, 1.165) is 10.4 Å². The second-order valence-corrected chi connectivity index (χ2v) is 5.36. The van der Waals surface area contributed by atoms with Crippen molar-refractivity contribution in [2.45, 2.75) is 4.90 Å². The maximum absolute atomic E-state index is 11.7. The van der Waals surface area contributed by atoms with Crippen molar-refractivity contribution in [3.05, 3.63) is 40.9 Å². The molecule has 17 heavy (non-hydrogen) atoms. The first-order chi connectivity index (χ1) is 8.13. The van der Waals surface area contributed by atoms with Crippen molar-refractivity contribution in [3.63, 3.8) is 0 Å². The van der Waals surface area contributed by atoms with Crippen LogP contribution >= 0.6 is 0 Å². The van der Waals surface area contributed by atoms with Crippen molar-refractivity contribution >= 4 is 28.4 Å². The normalized spacial score (nSPS) is 21.9. The highest BCUT2D eigenvalue weighted by Gasteiger charge is 2.10. The van der Waals surface area contributed by atoms with Crippen LogP contribution in [-0.2, 0) is 10.0 Å². The summed E-state index contributed by atoms with van der Waals surface area (Å²) in [5.41, 5.74) is 0. The van der Waals surface area contributed by atoms with E-state index >= 15 is 0 Å². The van der Waals surface area contributed by atoms with Crippen LogP contribution in [0, 0.1) is 0 Å². The molecule has 0 radical (unpaired) electrons. The maximum atomic E-state index is 11.7. The van der Waals surface area contributed by atoms with Crippen LogP contribution in [0.15, 0.2) is 40.4 Å². The Morgan fingerprint density at radius 2 is 2.00 bits per heavy atom. The minimum atomic E-state index is -3.39. The number of sulfonamides is 1. The lowest BCUT2D eigenvalue weighted by molar-refractivity contribution is 0.588. The van der Waals surface area contributed by atoms with Gasteiger partial charge in [0.2, 0.25) is 10.0 Å². The summed E-state index contributed by atoms with van der Waals surface area (Å²) in [4.78, 5) is 4.25. The van der Waals surface area contributed by atoms with E-state index in [9.17, 15) is 8.42 Å². The van der Waals surface area contributed by atoms with Crippen molar-refractivity contribution in [2.75, 3.05) is 7.05 Å². The summed E-state index contributed by atoms with van der Waals surface area (Å²) >= 11 is 0. The van der Waals surface area contributed by atoms with Crippen molar-refractivity contribution < 1.29 is 8.42 Å². The SMILES string of the molecule is CNS(=O)(=O)c1ccc2/c(c1)=C\C=C/N=C\C=2. The van der Waals surface area contributed by atoms with Gasteiger partial charge in [-0.1, -0.05) is 12.1 Å². The molecule has 1 aromatic rings. The van der Waals surface area contributed by atoms with Gasteiger partial charge in [0.15, 0.2) is 0 Å². The molecule has 4 nitrogen and oxygen atoms in total. The highest BCUT2D eigenvalue weighted by atomic mass is 32.2. The van der Waals surface area contributed by atoms with Gasteiger partial charge < -0.3 is 0 Å². The molecule has 0 saturated carbocycles. The standard InChI is InChI=1S/C12H12N2O2S/c1-13-17(15,16)12-5-4-10-6-8-14-7-2-3-11(10)9-12/h2-9,13H,1H3/b3-2?,7-2-,8-6?,10-6-,11-3-,14-7?,14-8-. The molecule has 1 aliphatic heterocycles. The van der Waals surface area contributed by atoms with Crippen LogP contribution in [0.4, 0.5) is 0 Å². The van der Waals surface area contributed by atoms with E-state index in [4.69, 9.17) is 0 Å². The molecule has 1 N–H and O–H groups in total. The van der Waals surface area contributed by atoms with E-state index in [2.05, 4.69) is 9.71 Å². The number of nitrogens with one attached hydrogen (secondary N) is 1. The Bertz CT molecular complexity index is 701. The fraction of sp³-hybridized carbons (Fsp3) is 0.0833. The number of hydrogen-bond acceptors (Lipinski definition) is 3. The predicted octanol–water partition coefficient (Wildman–Crippen LogP) is -0.246. The van der Waals surface area contributed by atoms with Gasteiger partial charge in [0.05, 0.1) is 4.90 Å². The molecule has 1 aliphatic rings. The maximum Gasteiger partial charge on any atom is 0.240 e. The third kappa shape index (κ3) is 2.51. The number of aliphatic imine (C=N–C) groups is 1. The van der Waals surface area contributed by atoms with Crippen molar-refractivity contribution in [1.29, 1.82) is 0 Å². The largest absolute Gasteiger partial charge is 0.265 e. The molecule has 5 heteroatoms. The third-order valence-corrected chi connectivity index (χ3v) is 3.84. The Balaban J connectivity index is 2.71. The molecule has 2 rings (SSSR count). The minimum Gasteiger partial charge on any atom is -0.265 e. The van der Waals surface area contributed by atoms with Crippen LogP contribution in [0.25, 0.3) is 12.2 Å². The van der Waals surface area contributed by atoms with Crippen LogP contribution in [0.1, 0.15) is 0 Å². The molecule has 0 unspecified atom stereocenters. The number of benzene rings is 1. The number of rotatable bonds is 2. The quantitative estimate of drug-likeness (QED) is 0.785. The third-order valence-electron chi connectivity index (χ3n) is 2.43.